The molecule has 0 saturated carbocycles. The first-order valence-corrected chi connectivity index (χ1v) is 5.29. The van der Waals surface area contributed by atoms with Crippen molar-refractivity contribution in [3.63, 3.8) is 0 Å². The van der Waals surface area contributed by atoms with Gasteiger partial charge < -0.3 is 0 Å². The number of hydrogen-bond donors (Lipinski definition) is 0. The van der Waals surface area contributed by atoms with Gasteiger partial charge in [-0.05, 0) is 12.2 Å². The molecule has 0 spiro atoms. The standard InChI is InChI=1S/C14H14N2O/c17-14-8-6-4-2-1-3-5-7-10-15-12-13-16-11-9-14/h1-7,9-13H,8H2/b2-1-,5-3-,6-4-,10-7-,11-9-,15-12?,16-13?. The van der Waals surface area contributed by atoms with Crippen molar-refractivity contribution in [2.24, 2.45) is 9.98 Å². The Labute approximate surface area is 101 Å². The van der Waals surface area contributed by atoms with Crippen molar-refractivity contribution < 1.29 is 4.79 Å². The number of nitrogens with zero attached hydrogens (tertiary/aromatic N) is 2. The lowest BCUT2D eigenvalue weighted by Crippen LogP contribution is -1.87. The largest absolute Gasteiger partial charge is 0.294 e. The zero-order valence-electron chi connectivity index (χ0n) is 9.44. The Morgan fingerprint density at radius 3 is 2.29 bits per heavy atom. The summed E-state index contributed by atoms with van der Waals surface area (Å²) in [5.74, 6) is 0.0197. The molecule has 0 aromatic heterocycles. The van der Waals surface area contributed by atoms with Crippen LogP contribution >= 0.6 is 0 Å². The Balaban J connectivity index is 2.70. The van der Waals surface area contributed by atoms with E-state index in [-0.39, 0.29) is 5.78 Å². The molecule has 1 heterocycles. The molecule has 0 radical (unpaired) electrons. The van der Waals surface area contributed by atoms with Crippen molar-refractivity contribution in [1.29, 1.82) is 0 Å². The van der Waals surface area contributed by atoms with Gasteiger partial charge in [0.1, 0.15) is 0 Å². The number of ketones is 1. The van der Waals surface area contributed by atoms with Gasteiger partial charge >= 0.3 is 0 Å². The zero-order chi connectivity index (χ0) is 12.2. The molecule has 0 bridgehead atoms. The van der Waals surface area contributed by atoms with Gasteiger partial charge in [0.15, 0.2) is 5.78 Å². The Kier molecular flexibility index (Phi) is 6.75. The van der Waals surface area contributed by atoms with Crippen LogP contribution in [-0.2, 0) is 4.79 Å². The SMILES string of the molecule is O=C1/C=C\N=CC=N\C=C/C=C\C=C/C=C\C1. The van der Waals surface area contributed by atoms with Crippen LogP contribution in [-0.4, -0.2) is 18.2 Å². The molecule has 3 nitrogen and oxygen atoms in total. The summed E-state index contributed by atoms with van der Waals surface area (Å²) < 4.78 is 0. The minimum absolute atomic E-state index is 0.0197. The molecule has 3 heteroatoms. The summed E-state index contributed by atoms with van der Waals surface area (Å²) in [4.78, 5) is 19.1. The molecule has 0 aromatic rings. The number of carbonyl (C=O) groups excluding carboxylic acids is 1. The summed E-state index contributed by atoms with van der Waals surface area (Å²) in [7, 11) is 0. The monoisotopic (exact) mass is 226 g/mol. The van der Waals surface area contributed by atoms with Gasteiger partial charge in [-0.1, -0.05) is 36.5 Å². The predicted octanol–water partition coefficient (Wildman–Crippen LogP) is 2.80. The third-order valence-electron chi connectivity index (χ3n) is 1.77. The number of hydrogen-bond acceptors (Lipinski definition) is 3. The van der Waals surface area contributed by atoms with E-state index in [0.29, 0.717) is 6.42 Å². The Morgan fingerprint density at radius 1 is 0.824 bits per heavy atom. The van der Waals surface area contributed by atoms with Gasteiger partial charge in [0.2, 0.25) is 0 Å². The summed E-state index contributed by atoms with van der Waals surface area (Å²) in [5, 5.41) is 0. The molecule has 0 fully saturated rings. The van der Waals surface area contributed by atoms with Gasteiger partial charge in [-0.15, -0.1) is 0 Å². The summed E-state index contributed by atoms with van der Waals surface area (Å²) in [5.41, 5.74) is 0. The van der Waals surface area contributed by atoms with Crippen molar-refractivity contribution in [3.8, 4) is 0 Å². The van der Waals surface area contributed by atoms with Crippen LogP contribution in [0, 0.1) is 0 Å². The summed E-state index contributed by atoms with van der Waals surface area (Å²) in [6.45, 7) is 0. The van der Waals surface area contributed by atoms with Gasteiger partial charge in [-0.25, -0.2) is 0 Å². The maximum atomic E-state index is 11.3. The van der Waals surface area contributed by atoms with Crippen LogP contribution in [0.3, 0.4) is 0 Å². The third kappa shape index (κ3) is 7.62. The Hall–Kier alpha value is -2.29. The summed E-state index contributed by atoms with van der Waals surface area (Å²) in [6.07, 6.45) is 21.0. The van der Waals surface area contributed by atoms with Crippen LogP contribution in [0.2, 0.25) is 0 Å². The lowest BCUT2D eigenvalue weighted by Gasteiger charge is -1.84. The molecule has 1 aliphatic heterocycles. The molecule has 17 heavy (non-hydrogen) atoms. The lowest BCUT2D eigenvalue weighted by atomic mass is 10.2. The fourth-order valence-corrected chi connectivity index (χ4v) is 0.989. The van der Waals surface area contributed by atoms with E-state index < -0.39 is 0 Å². The fraction of sp³-hybridized carbons (Fsp3) is 0.0714. The second-order valence-corrected chi connectivity index (χ2v) is 3.12. The van der Waals surface area contributed by atoms with E-state index in [1.165, 1.54) is 18.5 Å². The lowest BCUT2D eigenvalue weighted by molar-refractivity contribution is -0.113. The van der Waals surface area contributed by atoms with Crippen molar-refractivity contribution in [2.75, 3.05) is 0 Å². The van der Waals surface area contributed by atoms with E-state index in [4.69, 9.17) is 0 Å². The highest BCUT2D eigenvalue weighted by Gasteiger charge is 1.89. The van der Waals surface area contributed by atoms with Crippen LogP contribution in [0.4, 0.5) is 0 Å². The minimum Gasteiger partial charge on any atom is -0.294 e. The van der Waals surface area contributed by atoms with Gasteiger partial charge in [0.05, 0.1) is 0 Å². The molecule has 0 saturated heterocycles. The maximum Gasteiger partial charge on any atom is 0.160 e. The van der Waals surface area contributed by atoms with Gasteiger partial charge in [-0.3, -0.25) is 14.8 Å². The summed E-state index contributed by atoms with van der Waals surface area (Å²) >= 11 is 0. The van der Waals surface area contributed by atoms with E-state index in [0.717, 1.165) is 0 Å². The molecule has 86 valence electrons. The van der Waals surface area contributed by atoms with E-state index >= 15 is 0 Å². The van der Waals surface area contributed by atoms with E-state index in [2.05, 4.69) is 9.98 Å². The molecule has 0 amide bonds. The van der Waals surface area contributed by atoms with Crippen molar-refractivity contribution in [3.05, 3.63) is 61.0 Å². The number of allylic oxidation sites excluding steroid dienone is 8. The number of rotatable bonds is 0. The van der Waals surface area contributed by atoms with Crippen LogP contribution < -0.4 is 0 Å². The van der Waals surface area contributed by atoms with Crippen LogP contribution in [0.15, 0.2) is 71.0 Å². The van der Waals surface area contributed by atoms with Gasteiger partial charge in [0, 0.05) is 31.2 Å². The number of carbonyl (C=O) groups is 1. The first-order valence-electron chi connectivity index (χ1n) is 5.29. The molecule has 0 aliphatic carbocycles. The average Bonchev–Trinajstić information content (AvgIpc) is 2.32. The van der Waals surface area contributed by atoms with Crippen LogP contribution in [0.5, 0.6) is 0 Å². The first-order chi connectivity index (χ1) is 8.39. The third-order valence-corrected chi connectivity index (χ3v) is 1.77. The second-order valence-electron chi connectivity index (χ2n) is 3.12. The smallest absolute Gasteiger partial charge is 0.160 e. The van der Waals surface area contributed by atoms with E-state index in [1.54, 1.807) is 12.4 Å². The van der Waals surface area contributed by atoms with Crippen LogP contribution in [0.1, 0.15) is 6.42 Å². The van der Waals surface area contributed by atoms with Crippen molar-refractivity contribution >= 4 is 18.2 Å². The highest BCUT2D eigenvalue weighted by atomic mass is 16.1. The highest BCUT2D eigenvalue weighted by Crippen LogP contribution is 1.90. The van der Waals surface area contributed by atoms with Gasteiger partial charge in [-0.2, -0.15) is 0 Å². The van der Waals surface area contributed by atoms with Crippen molar-refractivity contribution in [2.45, 2.75) is 6.42 Å². The molecule has 1 aliphatic rings. The first kappa shape index (κ1) is 12.8. The molecule has 1 rings (SSSR count). The van der Waals surface area contributed by atoms with E-state index in [1.807, 2.05) is 42.5 Å². The Morgan fingerprint density at radius 2 is 1.47 bits per heavy atom. The highest BCUT2D eigenvalue weighted by molar-refractivity contribution is 6.16. The van der Waals surface area contributed by atoms with Crippen LogP contribution in [0.25, 0.3) is 0 Å². The van der Waals surface area contributed by atoms with Gasteiger partial charge in [0.25, 0.3) is 0 Å². The number of aliphatic imine (C=N–C) groups is 2. The maximum absolute atomic E-state index is 11.3. The van der Waals surface area contributed by atoms with Crippen molar-refractivity contribution in [1.82, 2.24) is 0 Å². The molecular weight excluding hydrogens is 212 g/mol. The van der Waals surface area contributed by atoms with E-state index in [9.17, 15) is 4.79 Å². The zero-order valence-corrected chi connectivity index (χ0v) is 9.44. The fourth-order valence-electron chi connectivity index (χ4n) is 0.989. The predicted molar refractivity (Wildman–Crippen MR) is 72.3 cm³/mol. The molecule has 0 N–H and O–H groups in total. The molecule has 0 unspecified atom stereocenters. The average molecular weight is 226 g/mol. The minimum atomic E-state index is 0.0197. The quantitative estimate of drug-likeness (QED) is 0.626. The molecular formula is C14H14N2O. The second kappa shape index (κ2) is 8.97. The molecule has 0 aromatic carbocycles. The Bertz CT molecular complexity index is 435. The normalized spacial score (nSPS) is 26.2. The topological polar surface area (TPSA) is 41.8 Å². The summed E-state index contributed by atoms with van der Waals surface area (Å²) in [6, 6.07) is 0. The molecule has 0 atom stereocenters.